The zero-order valence-electron chi connectivity index (χ0n) is 10.5. The molecule has 94 valence electrons. The number of nitrogens with one attached hydrogen (secondary N) is 1. The van der Waals surface area contributed by atoms with Crippen LogP contribution >= 0.6 is 0 Å². The number of carbonyl (C=O) groups is 1. The number of hydrogen-bond donors (Lipinski definition) is 2. The maximum absolute atomic E-state index is 11.2. The molecule has 3 heteroatoms. The van der Waals surface area contributed by atoms with Crippen molar-refractivity contribution in [2.45, 2.75) is 26.2 Å². The highest BCUT2D eigenvalue weighted by atomic mass is 16.3. The topological polar surface area (TPSA) is 49.3 Å². The van der Waals surface area contributed by atoms with Gasteiger partial charge in [0, 0.05) is 23.4 Å². The summed E-state index contributed by atoms with van der Waals surface area (Å²) in [5.74, 6) is 0.173. The van der Waals surface area contributed by atoms with Gasteiger partial charge in [-0.25, -0.2) is 0 Å². The quantitative estimate of drug-likeness (QED) is 0.804. The molecule has 1 aromatic carbocycles. The molecule has 2 bridgehead atoms. The van der Waals surface area contributed by atoms with Crippen LogP contribution in [0.2, 0.25) is 0 Å². The number of carbonyl (C=O) groups excluding carboxylic acids is 1. The third-order valence-corrected chi connectivity index (χ3v) is 3.26. The molecule has 2 aliphatic rings. The fraction of sp³-hybridized carbons (Fsp3) is 0.267. The van der Waals surface area contributed by atoms with Gasteiger partial charge in [-0.3, -0.25) is 4.79 Å². The van der Waals surface area contributed by atoms with E-state index in [-0.39, 0.29) is 5.91 Å². The first-order valence-electron chi connectivity index (χ1n) is 6.01. The number of amides is 1. The molecule has 1 aromatic rings. The molecular formula is C15H17NO2. The summed E-state index contributed by atoms with van der Waals surface area (Å²) < 4.78 is 0. The second-order valence-corrected chi connectivity index (χ2v) is 4.54. The van der Waals surface area contributed by atoms with Crippen molar-refractivity contribution < 1.29 is 9.90 Å². The lowest BCUT2D eigenvalue weighted by molar-refractivity contribution is -0.117. The van der Waals surface area contributed by atoms with Gasteiger partial charge in [-0.2, -0.15) is 0 Å². The maximum atomic E-state index is 11.2. The molecule has 0 unspecified atom stereocenters. The molecule has 0 fully saturated rings. The highest BCUT2D eigenvalue weighted by Gasteiger charge is 2.14. The minimum Gasteiger partial charge on any atom is -0.508 e. The monoisotopic (exact) mass is 243 g/mol. The van der Waals surface area contributed by atoms with Gasteiger partial charge >= 0.3 is 0 Å². The van der Waals surface area contributed by atoms with Crippen molar-refractivity contribution in [3.05, 3.63) is 40.3 Å². The second kappa shape index (κ2) is 4.69. The number of aromatic hydroxyl groups is 1. The first-order chi connectivity index (χ1) is 8.54. The Hall–Kier alpha value is -2.03. The largest absolute Gasteiger partial charge is 0.508 e. The van der Waals surface area contributed by atoms with Crippen LogP contribution in [0.5, 0.6) is 5.75 Å². The molecule has 0 radical (unpaired) electrons. The van der Waals surface area contributed by atoms with Gasteiger partial charge < -0.3 is 10.4 Å². The van der Waals surface area contributed by atoms with E-state index in [2.05, 4.69) is 18.5 Å². The molecule has 0 atom stereocenters. The molecule has 0 saturated carbocycles. The van der Waals surface area contributed by atoms with E-state index in [1.54, 1.807) is 12.1 Å². The summed E-state index contributed by atoms with van der Waals surface area (Å²) in [7, 11) is 0. The summed E-state index contributed by atoms with van der Waals surface area (Å²) in [6, 6.07) is 1.78. The smallest absolute Gasteiger partial charge is 0.221 e. The van der Waals surface area contributed by atoms with Crippen LogP contribution in [0, 0.1) is 0 Å². The van der Waals surface area contributed by atoms with Crippen LogP contribution in [-0.4, -0.2) is 11.0 Å². The van der Waals surface area contributed by atoms with Crippen molar-refractivity contribution in [1.29, 1.82) is 0 Å². The van der Waals surface area contributed by atoms with Gasteiger partial charge in [0.15, 0.2) is 0 Å². The van der Waals surface area contributed by atoms with Gasteiger partial charge in [-0.15, -0.1) is 0 Å². The van der Waals surface area contributed by atoms with Crippen molar-refractivity contribution in [1.82, 2.24) is 5.32 Å². The molecule has 1 amide bonds. The van der Waals surface area contributed by atoms with Crippen molar-refractivity contribution in [3.63, 3.8) is 0 Å². The maximum Gasteiger partial charge on any atom is 0.221 e. The number of phenolic OH excluding ortho intramolecular Hbond substituents is 1. The summed E-state index contributed by atoms with van der Waals surface area (Å²) in [5, 5.41) is 14.4. The van der Waals surface area contributed by atoms with Crippen molar-refractivity contribution in [2.75, 3.05) is 0 Å². The molecule has 3 nitrogen and oxygen atoms in total. The van der Waals surface area contributed by atoms with Crippen LogP contribution in [0.1, 0.15) is 24.5 Å². The minimum absolute atomic E-state index is 0.135. The molecule has 0 heterocycles. The number of phenols is 1. The molecule has 0 spiro atoms. The Morgan fingerprint density at radius 2 is 2.22 bits per heavy atom. The number of fused-ring (bicyclic) bond motifs is 4. The van der Waals surface area contributed by atoms with Gasteiger partial charge in [0.2, 0.25) is 5.91 Å². The summed E-state index contributed by atoms with van der Waals surface area (Å²) in [6.07, 6.45) is 4.30. The summed E-state index contributed by atoms with van der Waals surface area (Å²) >= 11 is 0. The van der Waals surface area contributed by atoms with Gasteiger partial charge in [0.25, 0.3) is 0 Å². The zero-order valence-corrected chi connectivity index (χ0v) is 10.5. The third kappa shape index (κ3) is 2.04. The lowest BCUT2D eigenvalue weighted by Crippen LogP contribution is -2.36. The molecular weight excluding hydrogens is 226 g/mol. The van der Waals surface area contributed by atoms with Crippen LogP contribution in [-0.2, 0) is 17.6 Å². The summed E-state index contributed by atoms with van der Waals surface area (Å²) in [5.41, 5.74) is 2.56. The van der Waals surface area contributed by atoms with Crippen LogP contribution in [0.25, 0.3) is 12.3 Å². The number of rotatable bonds is 2. The van der Waals surface area contributed by atoms with Crippen LogP contribution < -0.4 is 15.8 Å². The molecule has 0 aromatic heterocycles. The van der Waals surface area contributed by atoms with E-state index in [0.717, 1.165) is 40.8 Å². The standard InChI is InChI=1S/C15H17NO2/c1-4-13(16-10(3)17)15-9(2)12-7-5-6-11(15)8-14(12)18/h4,8,18H,1-2,5-7H2,3H3,(H,16,17)/b15-13-. The molecule has 3 rings (SSSR count). The van der Waals surface area contributed by atoms with E-state index in [9.17, 15) is 9.90 Å². The second-order valence-electron chi connectivity index (χ2n) is 4.54. The zero-order chi connectivity index (χ0) is 13.3. The molecule has 2 N–H and O–H groups in total. The highest BCUT2D eigenvalue weighted by Crippen LogP contribution is 2.20. The summed E-state index contributed by atoms with van der Waals surface area (Å²) in [4.78, 5) is 11.2. The first-order valence-corrected chi connectivity index (χ1v) is 6.01. The Labute approximate surface area is 106 Å². The number of benzene rings is 1. The molecule has 0 saturated heterocycles. The lowest BCUT2D eigenvalue weighted by Gasteiger charge is -2.08. The Morgan fingerprint density at radius 3 is 2.83 bits per heavy atom. The predicted octanol–water partition coefficient (Wildman–Crippen LogP) is 0.721. The van der Waals surface area contributed by atoms with E-state index >= 15 is 0 Å². The lowest BCUT2D eigenvalue weighted by atomic mass is 10.0. The minimum atomic E-state index is -0.135. The van der Waals surface area contributed by atoms with E-state index < -0.39 is 0 Å². The van der Waals surface area contributed by atoms with Crippen molar-refractivity contribution in [3.8, 4) is 5.75 Å². The number of aryl methyl sites for hydroxylation is 1. The van der Waals surface area contributed by atoms with Gasteiger partial charge in [-0.1, -0.05) is 13.2 Å². The third-order valence-electron chi connectivity index (χ3n) is 3.26. The van der Waals surface area contributed by atoms with Gasteiger partial charge in [0.05, 0.1) is 0 Å². The molecule has 18 heavy (non-hydrogen) atoms. The SMILES string of the molecule is C=C/C(NC(C)=O)=c1/c2cc(O)c(c1=C)CCC2. The predicted molar refractivity (Wildman–Crippen MR) is 72.3 cm³/mol. The average molecular weight is 243 g/mol. The highest BCUT2D eigenvalue weighted by molar-refractivity contribution is 5.82. The van der Waals surface area contributed by atoms with Crippen LogP contribution in [0.4, 0.5) is 0 Å². The summed E-state index contributed by atoms with van der Waals surface area (Å²) in [6.45, 7) is 9.25. The van der Waals surface area contributed by atoms with E-state index in [1.165, 1.54) is 6.92 Å². The Morgan fingerprint density at radius 1 is 1.50 bits per heavy atom. The van der Waals surface area contributed by atoms with Crippen molar-refractivity contribution in [2.24, 2.45) is 0 Å². The van der Waals surface area contributed by atoms with Gasteiger partial charge in [0.1, 0.15) is 5.75 Å². The molecule has 0 aliphatic heterocycles. The van der Waals surface area contributed by atoms with E-state index in [1.807, 2.05) is 0 Å². The van der Waals surface area contributed by atoms with Gasteiger partial charge in [-0.05, 0) is 42.2 Å². The van der Waals surface area contributed by atoms with E-state index in [0.29, 0.717) is 11.4 Å². The van der Waals surface area contributed by atoms with Crippen LogP contribution in [0.3, 0.4) is 0 Å². The normalized spacial score (nSPS) is 14.9. The fourth-order valence-corrected chi connectivity index (χ4v) is 2.50. The van der Waals surface area contributed by atoms with Crippen molar-refractivity contribution >= 4 is 18.2 Å². The van der Waals surface area contributed by atoms with E-state index in [4.69, 9.17) is 0 Å². The van der Waals surface area contributed by atoms with Crippen LogP contribution in [0.15, 0.2) is 18.7 Å². The Balaban J connectivity index is 2.84. The Kier molecular flexibility index (Phi) is 3.24. The Bertz CT molecular complexity index is 629. The molecule has 2 aliphatic carbocycles. The first kappa shape index (κ1) is 12.4. The number of hydrogen-bond acceptors (Lipinski definition) is 2. The fourth-order valence-electron chi connectivity index (χ4n) is 2.50. The average Bonchev–Trinajstić information content (AvgIpc) is 2.57.